The van der Waals surface area contributed by atoms with E-state index in [4.69, 9.17) is 19.5 Å². The third-order valence-corrected chi connectivity index (χ3v) is 3.13. The minimum absolute atomic E-state index is 0.310. The Morgan fingerprint density at radius 3 is 2.23 bits per heavy atom. The molecule has 0 N–H and O–H groups in total. The molecule has 0 atom stereocenters. The minimum Gasteiger partial charge on any atom is -0.496 e. The fourth-order valence-corrected chi connectivity index (χ4v) is 1.98. The van der Waals surface area contributed by atoms with Gasteiger partial charge in [0.1, 0.15) is 22.8 Å². The van der Waals surface area contributed by atoms with E-state index in [9.17, 15) is 4.79 Å². The first-order chi connectivity index (χ1) is 10.6. The lowest BCUT2D eigenvalue weighted by molar-refractivity contribution is 0.0731. The van der Waals surface area contributed by atoms with E-state index in [0.717, 1.165) is 5.56 Å². The molecule has 112 valence electrons. The Bertz CT molecular complexity index is 730. The number of hydrogen-bond donors (Lipinski definition) is 0. The quantitative estimate of drug-likeness (QED) is 0.640. The predicted molar refractivity (Wildman–Crippen MR) is 80.4 cm³/mol. The maximum atomic E-state index is 12.3. The van der Waals surface area contributed by atoms with E-state index < -0.39 is 5.97 Å². The van der Waals surface area contributed by atoms with Crippen molar-refractivity contribution in [3.63, 3.8) is 0 Å². The van der Waals surface area contributed by atoms with Gasteiger partial charge in [-0.05, 0) is 42.8 Å². The molecule has 2 aromatic carbocycles. The highest BCUT2D eigenvalue weighted by molar-refractivity contribution is 5.94. The number of rotatable bonds is 4. The second-order valence-electron chi connectivity index (χ2n) is 4.55. The Morgan fingerprint density at radius 1 is 1.05 bits per heavy atom. The third kappa shape index (κ3) is 3.18. The second-order valence-corrected chi connectivity index (χ2v) is 4.55. The van der Waals surface area contributed by atoms with Crippen molar-refractivity contribution in [3.05, 3.63) is 53.1 Å². The van der Waals surface area contributed by atoms with Crippen LogP contribution in [0.25, 0.3) is 0 Å². The van der Waals surface area contributed by atoms with Gasteiger partial charge >= 0.3 is 5.97 Å². The fraction of sp³-hybridized carbons (Fsp3) is 0.176. The molecule has 5 nitrogen and oxygen atoms in total. The molecule has 0 heterocycles. The molecule has 0 amide bonds. The average molecular weight is 297 g/mol. The van der Waals surface area contributed by atoms with Gasteiger partial charge in [0.15, 0.2) is 0 Å². The van der Waals surface area contributed by atoms with E-state index >= 15 is 0 Å². The third-order valence-electron chi connectivity index (χ3n) is 3.13. The number of methoxy groups -OCH3 is 2. The van der Waals surface area contributed by atoms with Crippen molar-refractivity contribution in [2.75, 3.05) is 14.2 Å². The molecule has 0 aliphatic carbocycles. The number of carbonyl (C=O) groups is 1. The van der Waals surface area contributed by atoms with Crippen LogP contribution in [0.5, 0.6) is 17.2 Å². The summed E-state index contributed by atoms with van der Waals surface area (Å²) in [6, 6.07) is 11.6. The first-order valence-corrected chi connectivity index (χ1v) is 6.54. The lowest BCUT2D eigenvalue weighted by atomic mass is 10.1. The van der Waals surface area contributed by atoms with Gasteiger partial charge in [0.2, 0.25) is 0 Å². The highest BCUT2D eigenvalue weighted by atomic mass is 16.5. The molecule has 0 fully saturated rings. The number of carbonyl (C=O) groups excluding carboxylic acids is 1. The van der Waals surface area contributed by atoms with Crippen LogP contribution in [-0.2, 0) is 0 Å². The SMILES string of the molecule is COc1cc(OC)c(C(=O)Oc2ccc(C#N)cc2)cc1C. The summed E-state index contributed by atoms with van der Waals surface area (Å²) in [4.78, 5) is 12.3. The van der Waals surface area contributed by atoms with E-state index in [1.807, 2.05) is 13.0 Å². The molecule has 0 saturated carbocycles. The maximum Gasteiger partial charge on any atom is 0.347 e. The van der Waals surface area contributed by atoms with Crippen molar-refractivity contribution in [1.82, 2.24) is 0 Å². The van der Waals surface area contributed by atoms with E-state index in [1.54, 1.807) is 43.5 Å². The van der Waals surface area contributed by atoms with Crippen LogP contribution in [0.1, 0.15) is 21.5 Å². The van der Waals surface area contributed by atoms with Gasteiger partial charge in [-0.25, -0.2) is 4.79 Å². The van der Waals surface area contributed by atoms with Gasteiger partial charge in [0, 0.05) is 6.07 Å². The van der Waals surface area contributed by atoms with Crippen LogP contribution >= 0.6 is 0 Å². The summed E-state index contributed by atoms with van der Waals surface area (Å²) in [5, 5.41) is 8.75. The summed E-state index contributed by atoms with van der Waals surface area (Å²) in [6.45, 7) is 1.83. The monoisotopic (exact) mass is 297 g/mol. The minimum atomic E-state index is -0.535. The summed E-state index contributed by atoms with van der Waals surface area (Å²) >= 11 is 0. The van der Waals surface area contributed by atoms with Crippen LogP contribution in [-0.4, -0.2) is 20.2 Å². The Labute approximate surface area is 128 Å². The summed E-state index contributed by atoms with van der Waals surface area (Å²) in [5.41, 5.74) is 1.61. The Balaban J connectivity index is 2.28. The van der Waals surface area contributed by atoms with Gasteiger partial charge in [-0.2, -0.15) is 5.26 Å². The summed E-state index contributed by atoms with van der Waals surface area (Å²) in [6.07, 6.45) is 0. The number of ether oxygens (including phenoxy) is 3. The van der Waals surface area contributed by atoms with Gasteiger partial charge in [-0.1, -0.05) is 0 Å². The zero-order valence-corrected chi connectivity index (χ0v) is 12.5. The standard InChI is InChI=1S/C17H15NO4/c1-11-8-14(16(21-3)9-15(11)20-2)17(19)22-13-6-4-12(10-18)5-7-13/h4-9H,1-3H3. The largest absolute Gasteiger partial charge is 0.496 e. The maximum absolute atomic E-state index is 12.3. The van der Waals surface area contributed by atoms with Crippen molar-refractivity contribution in [1.29, 1.82) is 5.26 Å². The number of aryl methyl sites for hydroxylation is 1. The van der Waals surface area contributed by atoms with Crippen LogP contribution in [0.3, 0.4) is 0 Å². The van der Waals surface area contributed by atoms with Crippen LogP contribution in [0.2, 0.25) is 0 Å². The van der Waals surface area contributed by atoms with Crippen LogP contribution < -0.4 is 14.2 Å². The average Bonchev–Trinajstić information content (AvgIpc) is 2.55. The van der Waals surface area contributed by atoms with E-state index in [-0.39, 0.29) is 0 Å². The smallest absolute Gasteiger partial charge is 0.347 e. The molecule has 0 spiro atoms. The summed E-state index contributed by atoms with van der Waals surface area (Å²) in [5.74, 6) is 0.833. The van der Waals surface area contributed by atoms with E-state index in [2.05, 4.69) is 0 Å². The lowest BCUT2D eigenvalue weighted by Crippen LogP contribution is -2.11. The molecule has 0 aliphatic rings. The van der Waals surface area contributed by atoms with Crippen molar-refractivity contribution >= 4 is 5.97 Å². The number of nitrogens with zero attached hydrogens (tertiary/aromatic N) is 1. The van der Waals surface area contributed by atoms with E-state index in [1.165, 1.54) is 7.11 Å². The number of esters is 1. The number of nitriles is 1. The molecule has 0 bridgehead atoms. The van der Waals surface area contributed by atoms with Crippen LogP contribution in [0.4, 0.5) is 0 Å². The zero-order chi connectivity index (χ0) is 16.1. The molecule has 2 rings (SSSR count). The molecule has 2 aromatic rings. The number of benzene rings is 2. The summed E-state index contributed by atoms with van der Waals surface area (Å²) in [7, 11) is 3.03. The topological polar surface area (TPSA) is 68.6 Å². The van der Waals surface area contributed by atoms with Crippen LogP contribution in [0.15, 0.2) is 36.4 Å². The molecule has 0 unspecified atom stereocenters. The van der Waals surface area contributed by atoms with Gasteiger partial charge < -0.3 is 14.2 Å². The van der Waals surface area contributed by atoms with Crippen molar-refractivity contribution in [2.24, 2.45) is 0 Å². The number of hydrogen-bond acceptors (Lipinski definition) is 5. The van der Waals surface area contributed by atoms with Gasteiger partial charge in [0.25, 0.3) is 0 Å². The van der Waals surface area contributed by atoms with Crippen molar-refractivity contribution in [2.45, 2.75) is 6.92 Å². The molecule has 0 aliphatic heterocycles. The second kappa shape index (κ2) is 6.64. The van der Waals surface area contributed by atoms with Crippen molar-refractivity contribution < 1.29 is 19.0 Å². The molecule has 22 heavy (non-hydrogen) atoms. The highest BCUT2D eigenvalue weighted by Gasteiger charge is 2.17. The van der Waals surface area contributed by atoms with Gasteiger partial charge in [-0.3, -0.25) is 0 Å². The van der Waals surface area contributed by atoms with Gasteiger partial charge in [-0.15, -0.1) is 0 Å². The zero-order valence-electron chi connectivity index (χ0n) is 12.5. The van der Waals surface area contributed by atoms with Crippen LogP contribution in [0, 0.1) is 18.3 Å². The molecule has 0 aromatic heterocycles. The Kier molecular flexibility index (Phi) is 4.64. The van der Waals surface area contributed by atoms with E-state index in [0.29, 0.717) is 28.4 Å². The molecular weight excluding hydrogens is 282 g/mol. The molecule has 0 radical (unpaired) electrons. The fourth-order valence-electron chi connectivity index (χ4n) is 1.98. The summed E-state index contributed by atoms with van der Waals surface area (Å²) < 4.78 is 15.7. The lowest BCUT2D eigenvalue weighted by Gasteiger charge is -2.12. The highest BCUT2D eigenvalue weighted by Crippen LogP contribution is 2.29. The molecular formula is C17H15NO4. The molecule has 5 heteroatoms. The van der Waals surface area contributed by atoms with Crippen molar-refractivity contribution in [3.8, 4) is 23.3 Å². The first-order valence-electron chi connectivity index (χ1n) is 6.54. The normalized spacial score (nSPS) is 9.73. The van der Waals surface area contributed by atoms with Gasteiger partial charge in [0.05, 0.1) is 25.9 Å². The Morgan fingerprint density at radius 2 is 1.68 bits per heavy atom. The first kappa shape index (κ1) is 15.4. The molecule has 0 saturated heterocycles. The Hall–Kier alpha value is -3.00. The predicted octanol–water partition coefficient (Wildman–Crippen LogP) is 3.10.